The third-order valence-corrected chi connectivity index (χ3v) is 2.96. The summed E-state index contributed by atoms with van der Waals surface area (Å²) in [6, 6.07) is 1.71. The fourth-order valence-electron chi connectivity index (χ4n) is 1.81. The van der Waals surface area contributed by atoms with Crippen molar-refractivity contribution in [3.63, 3.8) is 0 Å². The predicted octanol–water partition coefficient (Wildman–Crippen LogP) is 1.57. The molecule has 2 rings (SSSR count). The zero-order valence-electron chi connectivity index (χ0n) is 11.8. The van der Waals surface area contributed by atoms with Gasteiger partial charge in [0.15, 0.2) is 0 Å². The number of aromatic nitrogens is 3. The molecule has 0 unspecified atom stereocenters. The zero-order chi connectivity index (χ0) is 14.4. The number of carbonyl (C=O) groups excluding carboxylic acids is 1. The van der Waals surface area contributed by atoms with Crippen LogP contribution >= 0.6 is 0 Å². The number of nitrogens with one attached hydrogen (secondary N) is 2. The van der Waals surface area contributed by atoms with Gasteiger partial charge in [-0.15, -0.1) is 0 Å². The minimum Gasteiger partial charge on any atom is -0.383 e. The molecule has 0 atom stereocenters. The highest BCUT2D eigenvalue weighted by Crippen LogP contribution is 2.13. The minimum absolute atomic E-state index is 0.131. The van der Waals surface area contributed by atoms with Crippen LogP contribution in [0.15, 0.2) is 30.9 Å². The molecule has 20 heavy (non-hydrogen) atoms. The van der Waals surface area contributed by atoms with Gasteiger partial charge in [-0.2, -0.15) is 0 Å². The maximum absolute atomic E-state index is 12.2. The monoisotopic (exact) mass is 273 g/mol. The van der Waals surface area contributed by atoms with Crippen LogP contribution in [-0.4, -0.2) is 27.0 Å². The normalized spacial score (nSPS) is 10.3. The number of nitrogens with zero attached hydrogens (tertiary/aromatic N) is 3. The average Bonchev–Trinajstić information content (AvgIpc) is 2.88. The second-order valence-electron chi connectivity index (χ2n) is 4.49. The molecule has 2 heterocycles. The molecule has 6 heteroatoms. The highest BCUT2D eigenvalue weighted by Gasteiger charge is 2.11. The van der Waals surface area contributed by atoms with Crippen LogP contribution in [0.5, 0.6) is 0 Å². The predicted molar refractivity (Wildman–Crippen MR) is 77.4 cm³/mol. The molecule has 0 spiro atoms. The van der Waals surface area contributed by atoms with Gasteiger partial charge in [0.05, 0.1) is 24.0 Å². The number of pyridine rings is 1. The summed E-state index contributed by atoms with van der Waals surface area (Å²) < 4.78 is 1.88. The van der Waals surface area contributed by atoms with Gasteiger partial charge in [-0.05, 0) is 12.5 Å². The van der Waals surface area contributed by atoms with Crippen molar-refractivity contribution in [1.29, 1.82) is 0 Å². The molecular weight excluding hydrogens is 254 g/mol. The van der Waals surface area contributed by atoms with E-state index in [0.29, 0.717) is 12.1 Å². The van der Waals surface area contributed by atoms with Crippen molar-refractivity contribution < 1.29 is 4.79 Å². The molecule has 0 saturated carbocycles. The third kappa shape index (κ3) is 3.34. The summed E-state index contributed by atoms with van der Waals surface area (Å²) in [4.78, 5) is 20.4. The molecule has 0 aliphatic rings. The Bertz CT molecular complexity index is 578. The van der Waals surface area contributed by atoms with E-state index < -0.39 is 0 Å². The van der Waals surface area contributed by atoms with Gasteiger partial charge in [0.2, 0.25) is 0 Å². The van der Waals surface area contributed by atoms with Gasteiger partial charge in [0.25, 0.3) is 5.91 Å². The van der Waals surface area contributed by atoms with Crippen molar-refractivity contribution >= 4 is 11.6 Å². The number of aryl methyl sites for hydroxylation is 1. The van der Waals surface area contributed by atoms with Gasteiger partial charge in [0.1, 0.15) is 5.82 Å². The number of hydrogen-bond donors (Lipinski definition) is 2. The van der Waals surface area contributed by atoms with Crippen LogP contribution in [0.25, 0.3) is 0 Å². The molecule has 1 amide bonds. The van der Waals surface area contributed by atoms with Gasteiger partial charge in [-0.1, -0.05) is 6.92 Å². The van der Waals surface area contributed by atoms with Crippen LogP contribution < -0.4 is 10.6 Å². The summed E-state index contributed by atoms with van der Waals surface area (Å²) in [5.74, 6) is 0.685. The Balaban J connectivity index is 2.03. The summed E-state index contributed by atoms with van der Waals surface area (Å²) in [5, 5.41) is 6.07. The first kappa shape index (κ1) is 14.0. The fraction of sp³-hybridized carbons (Fsp3) is 0.357. The lowest BCUT2D eigenvalue weighted by atomic mass is 10.2. The van der Waals surface area contributed by atoms with Gasteiger partial charge >= 0.3 is 0 Å². The van der Waals surface area contributed by atoms with E-state index in [1.165, 1.54) is 0 Å². The summed E-state index contributed by atoms with van der Waals surface area (Å²) in [6.45, 7) is 3.29. The van der Waals surface area contributed by atoms with E-state index in [9.17, 15) is 4.79 Å². The van der Waals surface area contributed by atoms with Crippen molar-refractivity contribution in [3.8, 4) is 0 Å². The molecule has 0 aromatic carbocycles. The molecule has 2 aromatic rings. The summed E-state index contributed by atoms with van der Waals surface area (Å²) in [6.07, 6.45) is 7.84. The smallest absolute Gasteiger partial charge is 0.253 e. The lowest BCUT2D eigenvalue weighted by molar-refractivity contribution is 0.0950. The molecule has 2 aromatic heterocycles. The average molecular weight is 273 g/mol. The Morgan fingerprint density at radius 3 is 2.95 bits per heavy atom. The lowest BCUT2D eigenvalue weighted by Gasteiger charge is -2.11. The molecule has 0 aliphatic heterocycles. The molecule has 0 saturated heterocycles. The van der Waals surface area contributed by atoms with Crippen molar-refractivity contribution in [2.24, 2.45) is 7.05 Å². The van der Waals surface area contributed by atoms with Crippen LogP contribution in [0.1, 0.15) is 29.5 Å². The maximum atomic E-state index is 12.2. The number of anilines is 1. The van der Waals surface area contributed by atoms with Gasteiger partial charge < -0.3 is 15.2 Å². The van der Waals surface area contributed by atoms with Gasteiger partial charge in [0, 0.05) is 32.2 Å². The molecule has 106 valence electrons. The van der Waals surface area contributed by atoms with Crippen molar-refractivity contribution in [2.75, 3.05) is 11.9 Å². The van der Waals surface area contributed by atoms with Gasteiger partial charge in [-0.3, -0.25) is 9.78 Å². The lowest BCUT2D eigenvalue weighted by Crippen LogP contribution is -2.25. The highest BCUT2D eigenvalue weighted by atomic mass is 16.1. The number of hydrogen-bond acceptors (Lipinski definition) is 4. The second kappa shape index (κ2) is 6.70. The van der Waals surface area contributed by atoms with Crippen LogP contribution in [-0.2, 0) is 13.6 Å². The molecule has 0 radical (unpaired) electrons. The first-order chi connectivity index (χ1) is 9.72. The number of amides is 1. The Hall–Kier alpha value is -2.37. The molecule has 6 nitrogen and oxygen atoms in total. The summed E-state index contributed by atoms with van der Waals surface area (Å²) in [7, 11) is 1.90. The minimum atomic E-state index is -0.131. The Labute approximate surface area is 118 Å². The van der Waals surface area contributed by atoms with Crippen molar-refractivity contribution in [3.05, 3.63) is 42.2 Å². The SMILES string of the molecule is CCCNc1cnccc1C(=O)NCc1nccn1C. The number of carbonyl (C=O) groups is 1. The van der Waals surface area contributed by atoms with Crippen LogP contribution in [0, 0.1) is 0 Å². The van der Waals surface area contributed by atoms with E-state index >= 15 is 0 Å². The van der Waals surface area contributed by atoms with E-state index in [4.69, 9.17) is 0 Å². The van der Waals surface area contributed by atoms with E-state index in [-0.39, 0.29) is 5.91 Å². The fourth-order valence-corrected chi connectivity index (χ4v) is 1.81. The topological polar surface area (TPSA) is 71.8 Å². The first-order valence-corrected chi connectivity index (χ1v) is 6.64. The molecule has 2 N–H and O–H groups in total. The molecule has 0 aliphatic carbocycles. The highest BCUT2D eigenvalue weighted by molar-refractivity contribution is 5.99. The van der Waals surface area contributed by atoms with Crippen molar-refractivity contribution in [2.45, 2.75) is 19.9 Å². The molecule has 0 bridgehead atoms. The summed E-state index contributed by atoms with van der Waals surface area (Å²) in [5.41, 5.74) is 1.36. The van der Waals surface area contributed by atoms with Crippen molar-refractivity contribution in [1.82, 2.24) is 19.9 Å². The van der Waals surface area contributed by atoms with E-state index in [2.05, 4.69) is 27.5 Å². The van der Waals surface area contributed by atoms with E-state index in [0.717, 1.165) is 24.5 Å². The van der Waals surface area contributed by atoms with Gasteiger partial charge in [-0.25, -0.2) is 4.98 Å². The zero-order valence-corrected chi connectivity index (χ0v) is 11.8. The second-order valence-corrected chi connectivity index (χ2v) is 4.49. The largest absolute Gasteiger partial charge is 0.383 e. The Morgan fingerprint density at radius 2 is 2.25 bits per heavy atom. The first-order valence-electron chi connectivity index (χ1n) is 6.64. The third-order valence-electron chi connectivity index (χ3n) is 2.96. The maximum Gasteiger partial charge on any atom is 0.253 e. The standard InChI is InChI=1S/C14H19N5O/c1-3-5-16-12-9-15-6-4-11(12)14(20)18-10-13-17-7-8-19(13)2/h4,6-9,16H,3,5,10H2,1-2H3,(H,18,20). The quantitative estimate of drug-likeness (QED) is 0.838. The van der Waals surface area contributed by atoms with E-state index in [1.807, 2.05) is 17.8 Å². The van der Waals surface area contributed by atoms with E-state index in [1.54, 1.807) is 24.7 Å². The molecular formula is C14H19N5O. The summed E-state index contributed by atoms with van der Waals surface area (Å²) >= 11 is 0. The Kier molecular flexibility index (Phi) is 4.70. The number of imidazole rings is 1. The van der Waals surface area contributed by atoms with Crippen LogP contribution in [0.3, 0.4) is 0 Å². The Morgan fingerprint density at radius 1 is 1.40 bits per heavy atom. The van der Waals surface area contributed by atoms with Crippen LogP contribution in [0.2, 0.25) is 0 Å². The van der Waals surface area contributed by atoms with Crippen LogP contribution in [0.4, 0.5) is 5.69 Å². The molecule has 0 fully saturated rings. The number of rotatable bonds is 6.